The number of ether oxygens (including phenoxy) is 1. The number of nitrogens with one attached hydrogen (secondary N) is 2. The van der Waals surface area contributed by atoms with E-state index in [9.17, 15) is 9.59 Å². The lowest BCUT2D eigenvalue weighted by Crippen LogP contribution is -2.36. The Kier molecular flexibility index (Phi) is 4.45. The highest BCUT2D eigenvalue weighted by atomic mass is 16.5. The third-order valence-corrected chi connectivity index (χ3v) is 2.32. The van der Waals surface area contributed by atoms with E-state index in [0.29, 0.717) is 30.0 Å². The average molecular weight is 237 g/mol. The molecule has 17 heavy (non-hydrogen) atoms. The minimum absolute atomic E-state index is 0.394. The smallest absolute Gasteiger partial charge is 0.271 e. The number of carbonyl (C=O) groups is 2. The first kappa shape index (κ1) is 13.0. The van der Waals surface area contributed by atoms with E-state index in [-0.39, 0.29) is 0 Å². The van der Waals surface area contributed by atoms with Crippen molar-refractivity contribution in [3.63, 3.8) is 0 Å². The van der Waals surface area contributed by atoms with Gasteiger partial charge in [-0.1, -0.05) is 6.92 Å². The molecule has 0 atom stereocenters. The summed E-state index contributed by atoms with van der Waals surface area (Å²) in [5.74, 6) is 0.115. The number of methoxy groups -OCH3 is 1. The summed E-state index contributed by atoms with van der Waals surface area (Å²) < 4.78 is 5.12. The maximum atomic E-state index is 11.7. The molecule has 1 aromatic heterocycles. The predicted molar refractivity (Wildman–Crippen MR) is 61.6 cm³/mol. The van der Waals surface area contributed by atoms with Crippen LogP contribution >= 0.6 is 0 Å². The molecule has 0 radical (unpaired) electrons. The zero-order valence-corrected chi connectivity index (χ0v) is 10.0. The normalized spacial score (nSPS) is 9.59. The van der Waals surface area contributed by atoms with Crippen LogP contribution in [0, 0.1) is 6.92 Å². The highest BCUT2D eigenvalue weighted by Gasteiger charge is 2.14. The quantitative estimate of drug-likeness (QED) is 0.572. The van der Waals surface area contributed by atoms with Gasteiger partial charge in [-0.2, -0.15) is 0 Å². The van der Waals surface area contributed by atoms with E-state index in [4.69, 9.17) is 4.74 Å². The third kappa shape index (κ3) is 2.93. The van der Waals surface area contributed by atoms with Crippen molar-refractivity contribution in [1.82, 2.24) is 15.8 Å². The second-order valence-corrected chi connectivity index (χ2v) is 3.36. The van der Waals surface area contributed by atoms with E-state index in [1.807, 2.05) is 6.92 Å². The van der Waals surface area contributed by atoms with E-state index in [2.05, 4.69) is 15.8 Å². The van der Waals surface area contributed by atoms with Gasteiger partial charge in [0, 0.05) is 5.56 Å². The van der Waals surface area contributed by atoms with Gasteiger partial charge < -0.3 is 4.74 Å². The fourth-order valence-corrected chi connectivity index (χ4v) is 1.45. The highest BCUT2D eigenvalue weighted by molar-refractivity contribution is 5.95. The van der Waals surface area contributed by atoms with Gasteiger partial charge in [-0.25, -0.2) is 4.98 Å². The van der Waals surface area contributed by atoms with Gasteiger partial charge >= 0.3 is 0 Å². The molecule has 0 aromatic carbocycles. The lowest BCUT2D eigenvalue weighted by atomic mass is 10.1. The van der Waals surface area contributed by atoms with Crippen LogP contribution < -0.4 is 15.6 Å². The summed E-state index contributed by atoms with van der Waals surface area (Å²) in [6, 6.07) is 1.71. The molecule has 6 nitrogen and oxygen atoms in total. The Hall–Kier alpha value is -2.11. The first-order valence-electron chi connectivity index (χ1n) is 5.18. The molecular formula is C11H15N3O3. The van der Waals surface area contributed by atoms with Crippen molar-refractivity contribution < 1.29 is 14.3 Å². The van der Waals surface area contributed by atoms with Gasteiger partial charge in [0.2, 0.25) is 12.3 Å². The van der Waals surface area contributed by atoms with Crippen molar-refractivity contribution in [2.75, 3.05) is 7.11 Å². The van der Waals surface area contributed by atoms with Gasteiger partial charge in [0.15, 0.2) is 0 Å². The number of rotatable bonds is 5. The molecule has 1 heterocycles. The molecule has 0 spiro atoms. The van der Waals surface area contributed by atoms with Crippen LogP contribution in [-0.2, 0) is 11.2 Å². The maximum Gasteiger partial charge on any atom is 0.271 e. The number of aromatic nitrogens is 1. The summed E-state index contributed by atoms with van der Waals surface area (Å²) >= 11 is 0. The van der Waals surface area contributed by atoms with Crippen LogP contribution in [0.15, 0.2) is 6.07 Å². The molecule has 0 fully saturated rings. The minimum Gasteiger partial charge on any atom is -0.481 e. The summed E-state index contributed by atoms with van der Waals surface area (Å²) in [7, 11) is 1.54. The van der Waals surface area contributed by atoms with Gasteiger partial charge in [0.25, 0.3) is 5.91 Å². The van der Waals surface area contributed by atoms with Crippen LogP contribution in [0.4, 0.5) is 0 Å². The van der Waals surface area contributed by atoms with Gasteiger partial charge in [0.1, 0.15) is 0 Å². The van der Waals surface area contributed by atoms with E-state index >= 15 is 0 Å². The lowest BCUT2D eigenvalue weighted by molar-refractivity contribution is -0.110. The largest absolute Gasteiger partial charge is 0.481 e. The van der Waals surface area contributed by atoms with E-state index in [1.54, 1.807) is 13.0 Å². The molecule has 6 heteroatoms. The SMILES string of the molecule is CCc1cc(C(=O)NNC=O)c(C)nc1OC. The molecule has 1 aromatic rings. The number of aryl methyl sites for hydroxylation is 2. The summed E-state index contributed by atoms with van der Waals surface area (Å²) in [6.07, 6.45) is 1.10. The van der Waals surface area contributed by atoms with Crippen LogP contribution in [0.5, 0.6) is 5.88 Å². The molecule has 0 aliphatic rings. The molecular weight excluding hydrogens is 222 g/mol. The van der Waals surface area contributed by atoms with Crippen LogP contribution in [0.1, 0.15) is 28.5 Å². The number of pyridine rings is 1. The number of nitrogens with zero attached hydrogens (tertiary/aromatic N) is 1. The van der Waals surface area contributed by atoms with Crippen LogP contribution in [0.25, 0.3) is 0 Å². The summed E-state index contributed by atoms with van der Waals surface area (Å²) in [5.41, 5.74) is 6.14. The van der Waals surface area contributed by atoms with Gasteiger partial charge in [0.05, 0.1) is 18.4 Å². The summed E-state index contributed by atoms with van der Waals surface area (Å²) in [4.78, 5) is 26.0. The Morgan fingerprint density at radius 1 is 1.59 bits per heavy atom. The second kappa shape index (κ2) is 5.83. The Bertz CT molecular complexity index is 432. The molecule has 2 amide bonds. The van der Waals surface area contributed by atoms with E-state index < -0.39 is 5.91 Å². The Morgan fingerprint density at radius 2 is 2.29 bits per heavy atom. The summed E-state index contributed by atoms with van der Waals surface area (Å²) in [5, 5.41) is 0. The fourth-order valence-electron chi connectivity index (χ4n) is 1.45. The van der Waals surface area contributed by atoms with Crippen molar-refractivity contribution in [2.24, 2.45) is 0 Å². The highest BCUT2D eigenvalue weighted by Crippen LogP contribution is 2.19. The van der Waals surface area contributed by atoms with Crippen molar-refractivity contribution >= 4 is 12.3 Å². The lowest BCUT2D eigenvalue weighted by Gasteiger charge is -2.11. The zero-order chi connectivity index (χ0) is 12.8. The first-order chi connectivity index (χ1) is 8.13. The molecule has 0 unspecified atom stereocenters. The van der Waals surface area contributed by atoms with Gasteiger partial charge in [-0.05, 0) is 19.4 Å². The maximum absolute atomic E-state index is 11.7. The fraction of sp³-hybridized carbons (Fsp3) is 0.364. The van der Waals surface area contributed by atoms with E-state index in [1.165, 1.54) is 7.11 Å². The minimum atomic E-state index is -0.403. The molecule has 2 N–H and O–H groups in total. The Balaban J connectivity index is 3.07. The molecule has 0 aliphatic carbocycles. The Morgan fingerprint density at radius 3 is 2.82 bits per heavy atom. The molecule has 0 saturated carbocycles. The van der Waals surface area contributed by atoms with Crippen molar-refractivity contribution in [2.45, 2.75) is 20.3 Å². The van der Waals surface area contributed by atoms with E-state index in [0.717, 1.165) is 5.56 Å². The van der Waals surface area contributed by atoms with Crippen LogP contribution in [0.2, 0.25) is 0 Å². The molecule has 0 aliphatic heterocycles. The first-order valence-corrected chi connectivity index (χ1v) is 5.18. The molecule has 0 saturated heterocycles. The predicted octanol–water partition coefficient (Wildman–Crippen LogP) is 0.352. The Labute approximate surface area is 99.3 Å². The van der Waals surface area contributed by atoms with Crippen LogP contribution in [-0.4, -0.2) is 24.4 Å². The third-order valence-electron chi connectivity index (χ3n) is 2.32. The van der Waals surface area contributed by atoms with Crippen LogP contribution in [0.3, 0.4) is 0 Å². The molecule has 0 bridgehead atoms. The number of hydrogen-bond donors (Lipinski definition) is 2. The van der Waals surface area contributed by atoms with Gasteiger partial charge in [-0.15, -0.1) is 0 Å². The topological polar surface area (TPSA) is 80.3 Å². The zero-order valence-electron chi connectivity index (χ0n) is 10.0. The van der Waals surface area contributed by atoms with Crippen molar-refractivity contribution in [3.8, 4) is 5.88 Å². The number of carbonyl (C=O) groups excluding carboxylic acids is 2. The average Bonchev–Trinajstić information content (AvgIpc) is 2.35. The number of hydrazine groups is 1. The van der Waals surface area contributed by atoms with Gasteiger partial charge in [-0.3, -0.25) is 20.4 Å². The molecule has 92 valence electrons. The molecule has 1 rings (SSSR count). The number of amides is 2. The monoisotopic (exact) mass is 237 g/mol. The standard InChI is InChI=1S/C11H15N3O3/c1-4-8-5-9(10(16)14-12-6-15)7(2)13-11(8)17-3/h5-6H,4H2,1-3H3,(H,12,15)(H,14,16). The summed E-state index contributed by atoms with van der Waals surface area (Å²) in [6.45, 7) is 3.65. The van der Waals surface area contributed by atoms with Crippen molar-refractivity contribution in [1.29, 1.82) is 0 Å². The van der Waals surface area contributed by atoms with Crippen molar-refractivity contribution in [3.05, 3.63) is 22.9 Å². The number of hydrogen-bond acceptors (Lipinski definition) is 4. The second-order valence-electron chi connectivity index (χ2n) is 3.36.